The van der Waals surface area contributed by atoms with Gasteiger partial charge in [-0.25, -0.2) is 0 Å². The summed E-state index contributed by atoms with van der Waals surface area (Å²) in [6, 6.07) is 4.63. The zero-order chi connectivity index (χ0) is 11.6. The average Bonchev–Trinajstić information content (AvgIpc) is 2.74. The Labute approximate surface area is 106 Å². The standard InChI is InChI=1S/C12H18N2S2/c1-9(10-5-4-6-15-10)14-11-13-7-12(2,3)8-16-11/h4-6,9H,7-8H2,1-3H3,(H,13,14). The van der Waals surface area contributed by atoms with Crippen LogP contribution in [0, 0.1) is 5.41 Å². The van der Waals surface area contributed by atoms with Crippen molar-refractivity contribution in [1.82, 2.24) is 5.32 Å². The minimum atomic E-state index is 0.349. The molecular weight excluding hydrogens is 236 g/mol. The van der Waals surface area contributed by atoms with E-state index in [9.17, 15) is 0 Å². The van der Waals surface area contributed by atoms with E-state index in [0.29, 0.717) is 11.5 Å². The Morgan fingerprint density at radius 1 is 1.50 bits per heavy atom. The van der Waals surface area contributed by atoms with Crippen LogP contribution >= 0.6 is 23.1 Å². The number of hydrogen-bond donors (Lipinski definition) is 1. The predicted octanol–water partition coefficient (Wildman–Crippen LogP) is 3.53. The van der Waals surface area contributed by atoms with Crippen LogP contribution in [0.25, 0.3) is 0 Å². The summed E-state index contributed by atoms with van der Waals surface area (Å²) < 4.78 is 0. The van der Waals surface area contributed by atoms with E-state index in [1.165, 1.54) is 4.88 Å². The largest absolute Gasteiger partial charge is 0.358 e. The van der Waals surface area contributed by atoms with Gasteiger partial charge in [0.1, 0.15) is 0 Å². The third-order valence-corrected chi connectivity index (χ3v) is 5.06. The topological polar surface area (TPSA) is 24.4 Å². The molecule has 88 valence electrons. The van der Waals surface area contributed by atoms with E-state index in [0.717, 1.165) is 17.5 Å². The monoisotopic (exact) mass is 254 g/mol. The van der Waals surface area contributed by atoms with E-state index in [4.69, 9.17) is 0 Å². The number of amidine groups is 1. The maximum Gasteiger partial charge on any atom is 0.157 e. The summed E-state index contributed by atoms with van der Waals surface area (Å²) >= 11 is 3.63. The number of hydrogen-bond acceptors (Lipinski definition) is 4. The smallest absolute Gasteiger partial charge is 0.157 e. The molecule has 2 heterocycles. The first kappa shape index (κ1) is 12.0. The van der Waals surface area contributed by atoms with E-state index >= 15 is 0 Å². The minimum Gasteiger partial charge on any atom is -0.358 e. The van der Waals surface area contributed by atoms with Crippen LogP contribution in [-0.4, -0.2) is 17.5 Å². The highest BCUT2D eigenvalue weighted by Gasteiger charge is 2.24. The van der Waals surface area contributed by atoms with E-state index in [2.05, 4.69) is 48.6 Å². The summed E-state index contributed by atoms with van der Waals surface area (Å²) in [6.45, 7) is 7.65. The molecule has 0 aliphatic carbocycles. The molecule has 1 aliphatic rings. The predicted molar refractivity (Wildman–Crippen MR) is 74.4 cm³/mol. The second-order valence-electron chi connectivity index (χ2n) is 4.96. The number of nitrogens with zero attached hydrogens (tertiary/aromatic N) is 1. The van der Waals surface area contributed by atoms with Crippen LogP contribution in [0.2, 0.25) is 0 Å². The molecule has 2 nitrogen and oxygen atoms in total. The Morgan fingerprint density at radius 2 is 2.31 bits per heavy atom. The van der Waals surface area contributed by atoms with Crippen molar-refractivity contribution in [2.24, 2.45) is 10.4 Å². The molecule has 1 aliphatic heterocycles. The van der Waals surface area contributed by atoms with Crippen molar-refractivity contribution in [3.8, 4) is 0 Å². The zero-order valence-corrected chi connectivity index (χ0v) is 11.6. The molecule has 0 aromatic carbocycles. The maximum atomic E-state index is 4.61. The lowest BCUT2D eigenvalue weighted by atomic mass is 9.97. The van der Waals surface area contributed by atoms with Crippen LogP contribution < -0.4 is 5.32 Å². The SMILES string of the molecule is CC(NC1=NCC(C)(C)CS1)c1cccs1. The summed E-state index contributed by atoms with van der Waals surface area (Å²) in [5.74, 6) is 1.15. The van der Waals surface area contributed by atoms with Gasteiger partial charge in [0.15, 0.2) is 5.17 Å². The molecule has 1 atom stereocenters. The van der Waals surface area contributed by atoms with Crippen molar-refractivity contribution in [2.75, 3.05) is 12.3 Å². The van der Waals surface area contributed by atoms with Crippen LogP contribution in [0.3, 0.4) is 0 Å². The Hall–Kier alpha value is -0.480. The quantitative estimate of drug-likeness (QED) is 0.873. The van der Waals surface area contributed by atoms with E-state index in [1.54, 1.807) is 11.3 Å². The molecule has 1 unspecified atom stereocenters. The lowest BCUT2D eigenvalue weighted by Crippen LogP contribution is -2.32. The highest BCUT2D eigenvalue weighted by atomic mass is 32.2. The van der Waals surface area contributed by atoms with Crippen LogP contribution in [0.4, 0.5) is 0 Å². The highest BCUT2D eigenvalue weighted by Crippen LogP contribution is 2.28. The maximum absolute atomic E-state index is 4.61. The van der Waals surface area contributed by atoms with Gasteiger partial charge in [0, 0.05) is 17.2 Å². The van der Waals surface area contributed by atoms with Crippen LogP contribution in [-0.2, 0) is 0 Å². The van der Waals surface area contributed by atoms with Crippen LogP contribution in [0.1, 0.15) is 31.7 Å². The van der Waals surface area contributed by atoms with Gasteiger partial charge in [-0.2, -0.15) is 0 Å². The third-order valence-electron chi connectivity index (χ3n) is 2.56. The lowest BCUT2D eigenvalue weighted by Gasteiger charge is -2.28. The fourth-order valence-corrected chi connectivity index (χ4v) is 3.29. The van der Waals surface area contributed by atoms with Crippen LogP contribution in [0.15, 0.2) is 22.5 Å². The number of aliphatic imine (C=N–C) groups is 1. The van der Waals surface area contributed by atoms with Gasteiger partial charge in [0.25, 0.3) is 0 Å². The summed E-state index contributed by atoms with van der Waals surface area (Å²) in [4.78, 5) is 5.97. The van der Waals surface area contributed by atoms with Gasteiger partial charge in [-0.15, -0.1) is 11.3 Å². The molecule has 0 fully saturated rings. The lowest BCUT2D eigenvalue weighted by molar-refractivity contribution is 0.436. The summed E-state index contributed by atoms with van der Waals surface area (Å²) in [7, 11) is 0. The second kappa shape index (κ2) is 4.80. The minimum absolute atomic E-state index is 0.349. The molecule has 2 rings (SSSR count). The Balaban J connectivity index is 1.94. The van der Waals surface area contributed by atoms with Gasteiger partial charge in [-0.05, 0) is 23.8 Å². The van der Waals surface area contributed by atoms with Crippen molar-refractivity contribution in [1.29, 1.82) is 0 Å². The fourth-order valence-electron chi connectivity index (χ4n) is 1.52. The first-order chi connectivity index (χ1) is 7.57. The first-order valence-corrected chi connectivity index (χ1v) is 7.40. The average molecular weight is 254 g/mol. The Kier molecular flexibility index (Phi) is 3.60. The van der Waals surface area contributed by atoms with Crippen molar-refractivity contribution < 1.29 is 0 Å². The van der Waals surface area contributed by atoms with Gasteiger partial charge in [0.05, 0.1) is 6.04 Å². The third kappa shape index (κ3) is 3.01. The molecule has 16 heavy (non-hydrogen) atoms. The van der Waals surface area contributed by atoms with Gasteiger partial charge in [-0.3, -0.25) is 4.99 Å². The van der Waals surface area contributed by atoms with E-state index in [-0.39, 0.29) is 0 Å². The van der Waals surface area contributed by atoms with Crippen molar-refractivity contribution in [2.45, 2.75) is 26.8 Å². The highest BCUT2D eigenvalue weighted by molar-refractivity contribution is 8.13. The zero-order valence-electron chi connectivity index (χ0n) is 9.99. The summed E-state index contributed by atoms with van der Waals surface area (Å²) in [6.07, 6.45) is 0. The number of thioether (sulfide) groups is 1. The van der Waals surface area contributed by atoms with E-state index in [1.807, 2.05) is 11.8 Å². The Morgan fingerprint density at radius 3 is 2.88 bits per heavy atom. The van der Waals surface area contributed by atoms with Gasteiger partial charge < -0.3 is 5.32 Å². The molecule has 0 spiro atoms. The van der Waals surface area contributed by atoms with Gasteiger partial charge in [-0.1, -0.05) is 31.7 Å². The number of rotatable bonds is 2. The molecule has 1 aromatic heterocycles. The van der Waals surface area contributed by atoms with Gasteiger partial charge in [0.2, 0.25) is 0 Å². The van der Waals surface area contributed by atoms with E-state index < -0.39 is 0 Å². The molecule has 0 saturated heterocycles. The number of thiophene rings is 1. The summed E-state index contributed by atoms with van der Waals surface area (Å²) in [5.41, 5.74) is 0.349. The van der Waals surface area contributed by atoms with Crippen molar-refractivity contribution >= 4 is 28.3 Å². The molecule has 1 N–H and O–H groups in total. The number of nitrogens with one attached hydrogen (secondary N) is 1. The molecule has 1 aromatic rings. The van der Waals surface area contributed by atoms with Crippen LogP contribution in [0.5, 0.6) is 0 Å². The normalized spacial score (nSPS) is 21.3. The summed E-state index contributed by atoms with van der Waals surface area (Å²) in [5, 5.41) is 6.70. The fraction of sp³-hybridized carbons (Fsp3) is 0.583. The molecule has 0 amide bonds. The van der Waals surface area contributed by atoms with Crippen molar-refractivity contribution in [3.05, 3.63) is 22.4 Å². The van der Waals surface area contributed by atoms with Crippen molar-refractivity contribution in [3.63, 3.8) is 0 Å². The molecule has 4 heteroatoms. The molecule has 0 bridgehead atoms. The first-order valence-electron chi connectivity index (χ1n) is 5.54. The molecule has 0 radical (unpaired) electrons. The van der Waals surface area contributed by atoms with Gasteiger partial charge >= 0.3 is 0 Å². The second-order valence-corrected chi connectivity index (χ2v) is 6.90. The molecule has 0 saturated carbocycles. The Bertz CT molecular complexity index is 368. The molecular formula is C12H18N2S2.